The van der Waals surface area contributed by atoms with Gasteiger partial charge in [0, 0.05) is 24.6 Å². The number of hydrogen-bond donors (Lipinski definition) is 2. The zero-order valence-electron chi connectivity index (χ0n) is 19.5. The number of para-hydroxylation sites is 1. The standard InChI is InChI=1S/C25H29N3O4Si/c1-5-25(31)19-17(13-32-24(25)30)23(29)28-12-16-14(10-11-33(2,3)4)15-8-6-7-9-18(15)27-21(16)22(28)20(19)26/h6-9,31H,5,10-13,26H2,1-4H3/t25-/m0/s1. The Labute approximate surface area is 193 Å². The Kier molecular flexibility index (Phi) is 4.81. The van der Waals surface area contributed by atoms with Crippen LogP contribution < -0.4 is 11.3 Å². The van der Waals surface area contributed by atoms with Crippen LogP contribution >= 0.6 is 0 Å². The van der Waals surface area contributed by atoms with Crippen LogP contribution in [0.15, 0.2) is 29.1 Å². The van der Waals surface area contributed by atoms with Crippen LogP contribution in [0.25, 0.3) is 22.3 Å². The predicted molar refractivity (Wildman–Crippen MR) is 131 cm³/mol. The number of ether oxygens (including phenoxy) is 1. The van der Waals surface area contributed by atoms with E-state index in [-0.39, 0.29) is 35.4 Å². The molecule has 172 valence electrons. The van der Waals surface area contributed by atoms with Gasteiger partial charge >= 0.3 is 5.97 Å². The van der Waals surface area contributed by atoms with E-state index in [0.717, 1.165) is 28.9 Å². The summed E-state index contributed by atoms with van der Waals surface area (Å²) in [7, 11) is -1.32. The molecule has 0 amide bonds. The number of esters is 1. The summed E-state index contributed by atoms with van der Waals surface area (Å²) in [6.07, 6.45) is 0.968. The maximum Gasteiger partial charge on any atom is 0.343 e. The molecule has 2 aromatic heterocycles. The molecular formula is C25H29N3O4Si. The molecule has 2 aliphatic rings. The molecule has 0 radical (unpaired) electrons. The van der Waals surface area contributed by atoms with E-state index in [4.69, 9.17) is 15.5 Å². The molecule has 4 heterocycles. The van der Waals surface area contributed by atoms with Crippen LogP contribution in [0.1, 0.15) is 35.6 Å². The number of anilines is 1. The molecule has 8 heteroatoms. The first-order chi connectivity index (χ1) is 15.6. The quantitative estimate of drug-likeness (QED) is 0.354. The Bertz CT molecular complexity index is 1390. The molecule has 1 aromatic carbocycles. The van der Waals surface area contributed by atoms with E-state index in [9.17, 15) is 14.7 Å². The number of carbonyl (C=O) groups excluding carboxylic acids is 1. The number of nitrogen functional groups attached to an aromatic ring is 1. The number of aromatic nitrogens is 2. The summed E-state index contributed by atoms with van der Waals surface area (Å²) >= 11 is 0. The Morgan fingerprint density at radius 3 is 2.64 bits per heavy atom. The van der Waals surface area contributed by atoms with Gasteiger partial charge < -0.3 is 20.1 Å². The van der Waals surface area contributed by atoms with Crippen molar-refractivity contribution in [3.8, 4) is 11.4 Å². The van der Waals surface area contributed by atoms with Crippen molar-refractivity contribution in [1.82, 2.24) is 9.55 Å². The van der Waals surface area contributed by atoms with Crippen LogP contribution in [0.2, 0.25) is 25.7 Å². The fraction of sp³-hybridized carbons (Fsp3) is 0.400. The van der Waals surface area contributed by atoms with Gasteiger partial charge in [0.15, 0.2) is 5.60 Å². The number of fused-ring (bicyclic) bond motifs is 5. The number of nitrogens with two attached hydrogens (primary N) is 1. The molecule has 0 fully saturated rings. The molecule has 0 unspecified atom stereocenters. The van der Waals surface area contributed by atoms with Crippen molar-refractivity contribution in [3.63, 3.8) is 0 Å². The molecule has 1 atom stereocenters. The smallest absolute Gasteiger partial charge is 0.343 e. The first-order valence-corrected chi connectivity index (χ1v) is 15.1. The van der Waals surface area contributed by atoms with Crippen molar-refractivity contribution in [2.45, 2.75) is 64.2 Å². The lowest BCUT2D eigenvalue weighted by Gasteiger charge is -2.33. The highest BCUT2D eigenvalue weighted by Crippen LogP contribution is 2.45. The maximum absolute atomic E-state index is 13.5. The van der Waals surface area contributed by atoms with Gasteiger partial charge in [0.1, 0.15) is 6.61 Å². The third-order valence-electron chi connectivity index (χ3n) is 6.99. The van der Waals surface area contributed by atoms with Crippen LogP contribution in [-0.4, -0.2) is 28.7 Å². The van der Waals surface area contributed by atoms with E-state index in [1.165, 1.54) is 5.56 Å². The normalized spacial score (nSPS) is 19.2. The molecule has 3 N–H and O–H groups in total. The minimum absolute atomic E-state index is 0.0609. The van der Waals surface area contributed by atoms with E-state index < -0.39 is 19.6 Å². The Morgan fingerprint density at radius 1 is 1.21 bits per heavy atom. The molecule has 5 rings (SSSR count). The molecule has 0 saturated carbocycles. The highest BCUT2D eigenvalue weighted by molar-refractivity contribution is 6.76. The summed E-state index contributed by atoms with van der Waals surface area (Å²) in [5.41, 5.74) is 9.31. The predicted octanol–water partition coefficient (Wildman–Crippen LogP) is 3.54. The number of aliphatic hydroxyl groups is 1. The molecule has 0 spiro atoms. The van der Waals surface area contributed by atoms with Gasteiger partial charge in [-0.1, -0.05) is 50.8 Å². The number of benzene rings is 1. The molecule has 0 aliphatic carbocycles. The van der Waals surface area contributed by atoms with Crippen LogP contribution in [-0.2, 0) is 34.7 Å². The lowest BCUT2D eigenvalue weighted by atomic mass is 9.84. The maximum atomic E-state index is 13.5. The lowest BCUT2D eigenvalue weighted by Crippen LogP contribution is -2.45. The number of rotatable bonds is 4. The van der Waals surface area contributed by atoms with Gasteiger partial charge in [0.05, 0.1) is 34.7 Å². The van der Waals surface area contributed by atoms with Crippen LogP contribution in [0.5, 0.6) is 0 Å². The molecular weight excluding hydrogens is 434 g/mol. The van der Waals surface area contributed by atoms with E-state index >= 15 is 0 Å². The topological polar surface area (TPSA) is 107 Å². The highest BCUT2D eigenvalue weighted by atomic mass is 28.3. The zero-order valence-corrected chi connectivity index (χ0v) is 20.5. The minimum atomic E-state index is -1.94. The number of hydrogen-bond acceptors (Lipinski definition) is 6. The van der Waals surface area contributed by atoms with Crippen molar-refractivity contribution >= 4 is 30.6 Å². The van der Waals surface area contributed by atoms with Gasteiger partial charge in [-0.15, -0.1) is 0 Å². The largest absolute Gasteiger partial charge is 0.458 e. The van der Waals surface area contributed by atoms with E-state index in [1.807, 2.05) is 18.2 Å². The first-order valence-electron chi connectivity index (χ1n) is 11.4. The van der Waals surface area contributed by atoms with Crippen molar-refractivity contribution in [2.75, 3.05) is 5.73 Å². The van der Waals surface area contributed by atoms with Gasteiger partial charge in [-0.2, -0.15) is 0 Å². The second kappa shape index (κ2) is 7.26. The van der Waals surface area contributed by atoms with Crippen molar-refractivity contribution < 1.29 is 14.6 Å². The van der Waals surface area contributed by atoms with Crippen molar-refractivity contribution in [3.05, 3.63) is 56.9 Å². The van der Waals surface area contributed by atoms with E-state index in [2.05, 4.69) is 25.7 Å². The minimum Gasteiger partial charge on any atom is -0.458 e. The summed E-state index contributed by atoms with van der Waals surface area (Å²) in [5.74, 6) is -0.769. The number of aryl methyl sites for hydroxylation is 1. The Hall–Kier alpha value is -2.97. The zero-order chi connectivity index (χ0) is 23.7. The van der Waals surface area contributed by atoms with Crippen molar-refractivity contribution in [1.29, 1.82) is 0 Å². The van der Waals surface area contributed by atoms with Gasteiger partial charge in [0.25, 0.3) is 5.56 Å². The highest BCUT2D eigenvalue weighted by Gasteiger charge is 2.47. The van der Waals surface area contributed by atoms with Gasteiger partial charge in [-0.05, 0) is 24.5 Å². The second-order valence-corrected chi connectivity index (χ2v) is 15.9. The summed E-state index contributed by atoms with van der Waals surface area (Å²) < 4.78 is 6.81. The Morgan fingerprint density at radius 2 is 1.94 bits per heavy atom. The number of nitrogens with zero attached hydrogens (tertiary/aromatic N) is 2. The average Bonchev–Trinajstić information content (AvgIpc) is 3.16. The van der Waals surface area contributed by atoms with E-state index in [1.54, 1.807) is 11.5 Å². The monoisotopic (exact) mass is 463 g/mol. The third-order valence-corrected chi connectivity index (χ3v) is 8.74. The molecule has 3 aromatic rings. The van der Waals surface area contributed by atoms with Crippen molar-refractivity contribution in [2.24, 2.45) is 0 Å². The lowest BCUT2D eigenvalue weighted by molar-refractivity contribution is -0.172. The fourth-order valence-electron chi connectivity index (χ4n) is 5.12. The summed E-state index contributed by atoms with van der Waals surface area (Å²) in [6.45, 7) is 8.92. The van der Waals surface area contributed by atoms with E-state index in [0.29, 0.717) is 17.9 Å². The summed E-state index contributed by atoms with van der Waals surface area (Å²) in [4.78, 5) is 30.9. The SMILES string of the molecule is CC[C@@]1(O)C(=O)OCc2c1c(N)c1n(c2=O)Cc2c-1nc1ccccc1c2CC[Si](C)(C)C. The second-order valence-electron chi connectivity index (χ2n) is 10.3. The number of cyclic esters (lactones) is 1. The molecule has 0 bridgehead atoms. The van der Waals surface area contributed by atoms with Crippen LogP contribution in [0, 0.1) is 0 Å². The van der Waals surface area contributed by atoms with Gasteiger partial charge in [0.2, 0.25) is 0 Å². The molecule has 0 saturated heterocycles. The molecule has 7 nitrogen and oxygen atoms in total. The molecule has 33 heavy (non-hydrogen) atoms. The first kappa shape index (κ1) is 21.9. The van der Waals surface area contributed by atoms with Gasteiger partial charge in [-0.25, -0.2) is 9.78 Å². The summed E-state index contributed by atoms with van der Waals surface area (Å²) in [6, 6.07) is 9.14. The molecule has 2 aliphatic heterocycles. The Balaban J connectivity index is 1.81. The number of carbonyl (C=O) groups is 1. The van der Waals surface area contributed by atoms with Gasteiger partial charge in [-0.3, -0.25) is 4.79 Å². The van der Waals surface area contributed by atoms with Crippen LogP contribution in [0.4, 0.5) is 5.69 Å². The number of pyridine rings is 2. The average molecular weight is 464 g/mol. The third kappa shape index (κ3) is 3.15. The van der Waals surface area contributed by atoms with Crippen LogP contribution in [0.3, 0.4) is 0 Å². The summed E-state index contributed by atoms with van der Waals surface area (Å²) in [5, 5.41) is 12.3. The fourth-order valence-corrected chi connectivity index (χ4v) is 6.12.